The van der Waals surface area contributed by atoms with Crippen molar-refractivity contribution in [3.05, 3.63) is 35.7 Å². The van der Waals surface area contributed by atoms with E-state index in [1.165, 1.54) is 5.56 Å². The van der Waals surface area contributed by atoms with Crippen LogP contribution in [0, 0.1) is 13.8 Å². The largest absolute Gasteiger partial charge is 0.366 e. The van der Waals surface area contributed by atoms with Gasteiger partial charge in [-0.15, -0.1) is 10.2 Å². The number of nitrogens with one attached hydrogen (secondary N) is 1. The van der Waals surface area contributed by atoms with Gasteiger partial charge in [-0.05, 0) is 25.5 Å². The lowest BCUT2D eigenvalue weighted by Gasteiger charge is -2.00. The average molecular weight is 239 g/mol. The van der Waals surface area contributed by atoms with Crippen LogP contribution in [0.2, 0.25) is 0 Å². The van der Waals surface area contributed by atoms with Crippen LogP contribution in [0.1, 0.15) is 11.3 Å². The van der Waals surface area contributed by atoms with Gasteiger partial charge in [-0.3, -0.25) is 0 Å². The molecule has 0 saturated heterocycles. The SMILES string of the molecule is Cc1ccc2c(-c3cnc(N)nn3)c(C)[nH]c2c1. The molecule has 90 valence electrons. The van der Waals surface area contributed by atoms with Gasteiger partial charge >= 0.3 is 0 Å². The molecule has 3 N–H and O–H groups in total. The van der Waals surface area contributed by atoms with Crippen molar-refractivity contribution in [2.24, 2.45) is 0 Å². The van der Waals surface area contributed by atoms with Crippen molar-refractivity contribution in [1.29, 1.82) is 0 Å². The van der Waals surface area contributed by atoms with Gasteiger partial charge in [0.05, 0.1) is 6.20 Å². The summed E-state index contributed by atoms with van der Waals surface area (Å²) in [6, 6.07) is 6.28. The van der Waals surface area contributed by atoms with Gasteiger partial charge in [0.1, 0.15) is 5.69 Å². The Bertz CT molecular complexity index is 712. The second-order valence-corrected chi connectivity index (χ2v) is 4.38. The first-order chi connectivity index (χ1) is 8.65. The van der Waals surface area contributed by atoms with Gasteiger partial charge in [-0.1, -0.05) is 12.1 Å². The highest BCUT2D eigenvalue weighted by atomic mass is 15.2. The monoisotopic (exact) mass is 239 g/mol. The number of fused-ring (bicyclic) bond motifs is 1. The van der Waals surface area contributed by atoms with Gasteiger partial charge in [0.2, 0.25) is 5.95 Å². The van der Waals surface area contributed by atoms with Crippen LogP contribution in [-0.2, 0) is 0 Å². The zero-order valence-electron chi connectivity index (χ0n) is 10.2. The van der Waals surface area contributed by atoms with Crippen LogP contribution in [0.5, 0.6) is 0 Å². The first-order valence-corrected chi connectivity index (χ1v) is 5.69. The van der Waals surface area contributed by atoms with Crippen LogP contribution in [0.4, 0.5) is 5.95 Å². The first kappa shape index (κ1) is 10.7. The molecule has 3 rings (SSSR count). The minimum absolute atomic E-state index is 0.187. The molecule has 5 nitrogen and oxygen atoms in total. The highest BCUT2D eigenvalue weighted by Crippen LogP contribution is 2.30. The molecule has 0 saturated carbocycles. The maximum Gasteiger partial charge on any atom is 0.240 e. The van der Waals surface area contributed by atoms with Crippen molar-refractivity contribution in [3.8, 4) is 11.3 Å². The molecule has 1 aromatic carbocycles. The number of nitrogen functional groups attached to an aromatic ring is 1. The Kier molecular flexibility index (Phi) is 2.26. The fourth-order valence-corrected chi connectivity index (χ4v) is 2.17. The molecule has 0 unspecified atom stereocenters. The van der Waals surface area contributed by atoms with Gasteiger partial charge in [0.15, 0.2) is 0 Å². The van der Waals surface area contributed by atoms with Crippen molar-refractivity contribution in [2.45, 2.75) is 13.8 Å². The quantitative estimate of drug-likeness (QED) is 0.682. The van der Waals surface area contributed by atoms with E-state index in [0.29, 0.717) is 0 Å². The highest BCUT2D eigenvalue weighted by Gasteiger charge is 2.12. The molecule has 0 aliphatic rings. The van der Waals surface area contributed by atoms with Gasteiger partial charge in [-0.2, -0.15) is 0 Å². The Morgan fingerprint density at radius 2 is 2.00 bits per heavy atom. The summed E-state index contributed by atoms with van der Waals surface area (Å²) in [5.74, 6) is 0.187. The summed E-state index contributed by atoms with van der Waals surface area (Å²) in [4.78, 5) is 7.35. The van der Waals surface area contributed by atoms with Gasteiger partial charge in [-0.25, -0.2) is 4.98 Å². The molecular weight excluding hydrogens is 226 g/mol. The van der Waals surface area contributed by atoms with E-state index in [-0.39, 0.29) is 5.95 Å². The van der Waals surface area contributed by atoms with E-state index in [2.05, 4.69) is 45.3 Å². The number of aryl methyl sites for hydroxylation is 2. The Hall–Kier alpha value is -2.43. The van der Waals surface area contributed by atoms with Crippen molar-refractivity contribution in [3.63, 3.8) is 0 Å². The van der Waals surface area contributed by atoms with E-state index in [1.807, 2.05) is 6.92 Å². The second-order valence-electron chi connectivity index (χ2n) is 4.38. The van der Waals surface area contributed by atoms with E-state index >= 15 is 0 Å². The molecule has 18 heavy (non-hydrogen) atoms. The van der Waals surface area contributed by atoms with Crippen LogP contribution < -0.4 is 5.73 Å². The van der Waals surface area contributed by atoms with Crippen molar-refractivity contribution < 1.29 is 0 Å². The lowest BCUT2D eigenvalue weighted by molar-refractivity contribution is 0.992. The Labute approximate surface area is 104 Å². The molecule has 0 radical (unpaired) electrons. The van der Waals surface area contributed by atoms with Crippen molar-refractivity contribution >= 4 is 16.9 Å². The van der Waals surface area contributed by atoms with Crippen molar-refractivity contribution in [1.82, 2.24) is 20.2 Å². The molecule has 5 heteroatoms. The van der Waals surface area contributed by atoms with E-state index in [9.17, 15) is 0 Å². The van der Waals surface area contributed by atoms with E-state index in [1.54, 1.807) is 6.20 Å². The number of anilines is 1. The minimum atomic E-state index is 0.187. The molecule has 0 spiro atoms. The number of aromatic amines is 1. The Morgan fingerprint density at radius 1 is 1.17 bits per heavy atom. The maximum absolute atomic E-state index is 5.46. The number of hydrogen-bond donors (Lipinski definition) is 2. The first-order valence-electron chi connectivity index (χ1n) is 5.69. The molecule has 0 atom stereocenters. The number of rotatable bonds is 1. The van der Waals surface area contributed by atoms with Gasteiger partial charge in [0.25, 0.3) is 0 Å². The third-order valence-electron chi connectivity index (χ3n) is 2.98. The summed E-state index contributed by atoms with van der Waals surface area (Å²) < 4.78 is 0. The smallest absolute Gasteiger partial charge is 0.240 e. The number of benzene rings is 1. The fourth-order valence-electron chi connectivity index (χ4n) is 2.17. The molecule has 0 bridgehead atoms. The second kappa shape index (κ2) is 3.80. The van der Waals surface area contributed by atoms with Crippen LogP contribution >= 0.6 is 0 Å². The number of H-pyrrole nitrogens is 1. The van der Waals surface area contributed by atoms with E-state index in [4.69, 9.17) is 5.73 Å². The van der Waals surface area contributed by atoms with Gasteiger partial charge < -0.3 is 10.7 Å². The molecule has 2 aromatic heterocycles. The van der Waals surface area contributed by atoms with Crippen LogP contribution in [-0.4, -0.2) is 20.2 Å². The minimum Gasteiger partial charge on any atom is -0.366 e. The third-order valence-corrected chi connectivity index (χ3v) is 2.98. The lowest BCUT2D eigenvalue weighted by Crippen LogP contribution is -1.98. The predicted octanol–water partition coefficient (Wildman–Crippen LogP) is 2.22. The van der Waals surface area contributed by atoms with Crippen LogP contribution in [0.15, 0.2) is 24.4 Å². The zero-order valence-corrected chi connectivity index (χ0v) is 10.2. The topological polar surface area (TPSA) is 80.5 Å². The predicted molar refractivity (Wildman–Crippen MR) is 71.0 cm³/mol. The van der Waals surface area contributed by atoms with Crippen molar-refractivity contribution in [2.75, 3.05) is 5.73 Å². The molecular formula is C13H13N5. The summed E-state index contributed by atoms with van der Waals surface area (Å²) in [6.45, 7) is 4.09. The molecule has 2 heterocycles. The van der Waals surface area contributed by atoms with E-state index in [0.717, 1.165) is 27.9 Å². The third kappa shape index (κ3) is 1.60. The Balaban J connectivity index is 2.28. The lowest BCUT2D eigenvalue weighted by atomic mass is 10.1. The molecule has 0 amide bonds. The Morgan fingerprint density at radius 3 is 2.72 bits per heavy atom. The molecule has 0 aliphatic heterocycles. The number of aromatic nitrogens is 4. The summed E-state index contributed by atoms with van der Waals surface area (Å²) in [6.07, 6.45) is 1.65. The summed E-state index contributed by atoms with van der Waals surface area (Å²) in [5.41, 5.74) is 10.6. The normalized spacial score (nSPS) is 11.0. The molecule has 0 fully saturated rings. The van der Waals surface area contributed by atoms with Gasteiger partial charge in [0, 0.05) is 22.2 Å². The standard InChI is InChI=1S/C13H13N5/c1-7-3-4-9-10(5-7)16-8(2)12(9)11-6-15-13(14)18-17-11/h3-6,16H,1-2H3,(H2,14,15,18). The van der Waals surface area contributed by atoms with E-state index < -0.39 is 0 Å². The summed E-state index contributed by atoms with van der Waals surface area (Å²) >= 11 is 0. The average Bonchev–Trinajstić information content (AvgIpc) is 2.65. The van der Waals surface area contributed by atoms with Crippen LogP contribution in [0.25, 0.3) is 22.2 Å². The highest BCUT2D eigenvalue weighted by molar-refractivity contribution is 5.96. The maximum atomic E-state index is 5.46. The number of nitrogens with two attached hydrogens (primary N) is 1. The zero-order chi connectivity index (χ0) is 12.7. The van der Waals surface area contributed by atoms with Crippen LogP contribution in [0.3, 0.4) is 0 Å². The number of nitrogens with zero attached hydrogens (tertiary/aromatic N) is 3. The summed E-state index contributed by atoms with van der Waals surface area (Å²) in [5, 5.41) is 9.02. The summed E-state index contributed by atoms with van der Waals surface area (Å²) in [7, 11) is 0. The number of hydrogen-bond acceptors (Lipinski definition) is 4. The molecule has 3 aromatic rings. The molecule has 0 aliphatic carbocycles. The fraction of sp³-hybridized carbons (Fsp3) is 0.154.